The van der Waals surface area contributed by atoms with Crippen LogP contribution >= 0.6 is 0 Å². The van der Waals surface area contributed by atoms with Crippen molar-refractivity contribution < 1.29 is 13.6 Å². The average molecular weight is 361 g/mol. The number of halogens is 2. The first-order valence-corrected chi connectivity index (χ1v) is 8.55. The highest BCUT2D eigenvalue weighted by Gasteiger charge is 2.20. The minimum atomic E-state index is -1.02. The zero-order valence-electron chi connectivity index (χ0n) is 14.8. The van der Waals surface area contributed by atoms with Crippen LogP contribution in [0, 0.1) is 18.6 Å². The lowest BCUT2D eigenvalue weighted by Gasteiger charge is -2.34. The van der Waals surface area contributed by atoms with Gasteiger partial charge in [-0.05, 0) is 31.7 Å². The topological polar surface area (TPSA) is 61.4 Å². The summed E-state index contributed by atoms with van der Waals surface area (Å²) in [4.78, 5) is 25.6. The Bertz CT molecular complexity index is 806. The first-order chi connectivity index (χ1) is 12.5. The summed E-state index contributed by atoms with van der Waals surface area (Å²) in [7, 11) is 0. The van der Waals surface area contributed by atoms with Crippen LogP contribution in [0.2, 0.25) is 0 Å². The normalized spacial score (nSPS) is 15.2. The van der Waals surface area contributed by atoms with Gasteiger partial charge in [0.1, 0.15) is 5.69 Å². The molecule has 0 radical (unpaired) electrons. The molecule has 138 valence electrons. The maximum absolute atomic E-state index is 13.3. The van der Waals surface area contributed by atoms with E-state index in [1.807, 2.05) is 4.90 Å². The van der Waals surface area contributed by atoms with Crippen LogP contribution in [0.3, 0.4) is 0 Å². The number of nitrogens with zero attached hydrogens (tertiary/aromatic N) is 4. The van der Waals surface area contributed by atoms with E-state index < -0.39 is 17.5 Å². The maximum Gasteiger partial charge on any atom is 0.274 e. The molecular weight excluding hydrogens is 340 g/mol. The predicted octanol–water partition coefficient (Wildman–Crippen LogP) is 2.46. The Labute approximate surface area is 150 Å². The molecule has 1 amide bonds. The van der Waals surface area contributed by atoms with Gasteiger partial charge < -0.3 is 15.1 Å². The molecule has 1 fully saturated rings. The summed E-state index contributed by atoms with van der Waals surface area (Å²) in [5.74, 6) is -1.96. The first-order valence-electron chi connectivity index (χ1n) is 8.55. The number of rotatable bonds is 4. The molecule has 0 aliphatic carbocycles. The maximum atomic E-state index is 13.3. The molecule has 1 aliphatic rings. The van der Waals surface area contributed by atoms with Gasteiger partial charge in [-0.1, -0.05) is 6.92 Å². The van der Waals surface area contributed by atoms with E-state index in [0.717, 1.165) is 44.9 Å². The number of hydrogen-bond donors (Lipinski definition) is 1. The van der Waals surface area contributed by atoms with Gasteiger partial charge in [0.25, 0.3) is 5.91 Å². The number of anilines is 2. The van der Waals surface area contributed by atoms with Gasteiger partial charge >= 0.3 is 0 Å². The Morgan fingerprint density at radius 2 is 1.85 bits per heavy atom. The van der Waals surface area contributed by atoms with Crippen LogP contribution in [0.5, 0.6) is 0 Å². The van der Waals surface area contributed by atoms with Crippen LogP contribution in [0.4, 0.5) is 20.4 Å². The quantitative estimate of drug-likeness (QED) is 0.906. The number of benzene rings is 1. The summed E-state index contributed by atoms with van der Waals surface area (Å²) in [5, 5.41) is 2.54. The van der Waals surface area contributed by atoms with E-state index in [0.29, 0.717) is 11.6 Å². The van der Waals surface area contributed by atoms with Crippen molar-refractivity contribution >= 4 is 17.5 Å². The van der Waals surface area contributed by atoms with Crippen LogP contribution in [0.1, 0.15) is 23.1 Å². The Morgan fingerprint density at radius 1 is 1.12 bits per heavy atom. The van der Waals surface area contributed by atoms with Crippen LogP contribution in [-0.4, -0.2) is 53.5 Å². The summed E-state index contributed by atoms with van der Waals surface area (Å²) in [6.45, 7) is 8.35. The van der Waals surface area contributed by atoms with E-state index in [2.05, 4.69) is 27.1 Å². The van der Waals surface area contributed by atoms with Crippen molar-refractivity contribution in [2.75, 3.05) is 42.9 Å². The fourth-order valence-corrected chi connectivity index (χ4v) is 2.84. The molecule has 1 aliphatic heterocycles. The monoisotopic (exact) mass is 361 g/mol. The molecule has 1 saturated heterocycles. The van der Waals surface area contributed by atoms with Gasteiger partial charge in [0, 0.05) is 43.6 Å². The van der Waals surface area contributed by atoms with Crippen molar-refractivity contribution in [1.82, 2.24) is 14.9 Å². The number of aryl methyl sites for hydroxylation is 1. The Hall–Kier alpha value is -2.61. The summed E-state index contributed by atoms with van der Waals surface area (Å²) in [6, 6.07) is 4.78. The number of carbonyl (C=O) groups excluding carboxylic acids is 1. The van der Waals surface area contributed by atoms with E-state index >= 15 is 0 Å². The number of hydrogen-bond acceptors (Lipinski definition) is 5. The predicted molar refractivity (Wildman–Crippen MR) is 95.4 cm³/mol. The third-order valence-electron chi connectivity index (χ3n) is 4.35. The summed E-state index contributed by atoms with van der Waals surface area (Å²) < 4.78 is 26.3. The number of nitrogens with one attached hydrogen (secondary N) is 1. The van der Waals surface area contributed by atoms with E-state index in [1.165, 1.54) is 6.07 Å². The zero-order valence-corrected chi connectivity index (χ0v) is 14.8. The Kier molecular flexibility index (Phi) is 5.41. The van der Waals surface area contributed by atoms with Gasteiger partial charge in [0.2, 0.25) is 5.95 Å². The zero-order chi connectivity index (χ0) is 18.7. The molecule has 6 nitrogen and oxygen atoms in total. The molecule has 2 heterocycles. The molecule has 26 heavy (non-hydrogen) atoms. The van der Waals surface area contributed by atoms with Crippen molar-refractivity contribution in [2.45, 2.75) is 13.8 Å². The largest absolute Gasteiger partial charge is 0.338 e. The third kappa shape index (κ3) is 4.13. The van der Waals surface area contributed by atoms with E-state index in [1.54, 1.807) is 13.0 Å². The highest BCUT2D eigenvalue weighted by Crippen LogP contribution is 2.16. The fourth-order valence-electron chi connectivity index (χ4n) is 2.84. The van der Waals surface area contributed by atoms with Crippen molar-refractivity contribution in [3.63, 3.8) is 0 Å². The molecule has 1 aromatic carbocycles. The highest BCUT2D eigenvalue weighted by atomic mass is 19.2. The first kappa shape index (κ1) is 18.2. The van der Waals surface area contributed by atoms with Crippen LogP contribution in [0.15, 0.2) is 24.3 Å². The van der Waals surface area contributed by atoms with Gasteiger partial charge in [-0.3, -0.25) is 4.79 Å². The van der Waals surface area contributed by atoms with Gasteiger partial charge in [0.05, 0.1) is 0 Å². The van der Waals surface area contributed by atoms with Crippen LogP contribution in [-0.2, 0) is 0 Å². The van der Waals surface area contributed by atoms with Crippen LogP contribution in [0.25, 0.3) is 0 Å². The number of piperazine rings is 1. The molecule has 3 rings (SSSR count). The second-order valence-corrected chi connectivity index (χ2v) is 6.20. The fraction of sp³-hybridized carbons (Fsp3) is 0.389. The van der Waals surface area contributed by atoms with Crippen molar-refractivity contribution in [2.24, 2.45) is 0 Å². The number of carbonyl (C=O) groups is 1. The molecule has 2 aromatic rings. The molecule has 0 saturated carbocycles. The highest BCUT2D eigenvalue weighted by molar-refractivity contribution is 6.03. The lowest BCUT2D eigenvalue weighted by molar-refractivity contribution is 0.102. The molecule has 0 atom stereocenters. The molecule has 1 aromatic heterocycles. The molecule has 8 heteroatoms. The lowest BCUT2D eigenvalue weighted by atomic mass is 10.2. The minimum absolute atomic E-state index is 0.170. The molecule has 0 unspecified atom stereocenters. The van der Waals surface area contributed by atoms with Crippen molar-refractivity contribution in [1.29, 1.82) is 0 Å². The van der Waals surface area contributed by atoms with E-state index in [-0.39, 0.29) is 11.4 Å². The molecule has 1 N–H and O–H groups in total. The molecule has 0 spiro atoms. The van der Waals surface area contributed by atoms with Gasteiger partial charge in [0.15, 0.2) is 11.6 Å². The van der Waals surface area contributed by atoms with Gasteiger partial charge in [-0.25, -0.2) is 18.7 Å². The number of likely N-dealkylation sites (N-methyl/N-ethyl adjacent to an activating group) is 1. The number of aromatic nitrogens is 2. The van der Waals surface area contributed by atoms with Crippen molar-refractivity contribution in [3.8, 4) is 0 Å². The minimum Gasteiger partial charge on any atom is -0.338 e. The third-order valence-corrected chi connectivity index (χ3v) is 4.35. The van der Waals surface area contributed by atoms with E-state index in [9.17, 15) is 13.6 Å². The summed E-state index contributed by atoms with van der Waals surface area (Å²) in [5.41, 5.74) is 1.03. The van der Waals surface area contributed by atoms with Gasteiger partial charge in [-0.15, -0.1) is 0 Å². The summed E-state index contributed by atoms with van der Waals surface area (Å²) >= 11 is 0. The van der Waals surface area contributed by atoms with Crippen molar-refractivity contribution in [3.05, 3.63) is 47.3 Å². The average Bonchev–Trinajstić information content (AvgIpc) is 2.64. The smallest absolute Gasteiger partial charge is 0.274 e. The van der Waals surface area contributed by atoms with Crippen LogP contribution < -0.4 is 10.2 Å². The van der Waals surface area contributed by atoms with E-state index in [4.69, 9.17) is 0 Å². The lowest BCUT2D eigenvalue weighted by Crippen LogP contribution is -2.47. The Balaban J connectivity index is 1.76. The number of amides is 1. The SMILES string of the molecule is CCN1CCN(c2nc(C)cc(C(=O)Nc3ccc(F)c(F)c3)n2)CC1. The molecule has 0 bridgehead atoms. The second kappa shape index (κ2) is 7.74. The van der Waals surface area contributed by atoms with Gasteiger partial charge in [-0.2, -0.15) is 0 Å². The Morgan fingerprint density at radius 3 is 2.50 bits per heavy atom. The molecular formula is C18H21F2N5O. The standard InChI is InChI=1S/C18H21F2N5O/c1-3-24-6-8-25(9-7-24)18-21-12(2)10-16(23-18)17(26)22-13-4-5-14(19)15(20)11-13/h4-5,10-11H,3,6-9H2,1-2H3,(H,22,26). The second-order valence-electron chi connectivity index (χ2n) is 6.20. The summed E-state index contributed by atoms with van der Waals surface area (Å²) in [6.07, 6.45) is 0.